The largest absolute Gasteiger partial charge is 0.330 e. The highest BCUT2D eigenvalue weighted by Gasteiger charge is 2.23. The van der Waals surface area contributed by atoms with Crippen molar-refractivity contribution in [3.63, 3.8) is 0 Å². The topological polar surface area (TPSA) is 26.0 Å². The molecule has 0 spiro atoms. The van der Waals surface area contributed by atoms with Gasteiger partial charge in [0.25, 0.3) is 0 Å². The van der Waals surface area contributed by atoms with Crippen molar-refractivity contribution < 1.29 is 4.39 Å². The van der Waals surface area contributed by atoms with E-state index in [1.807, 2.05) is 0 Å². The third kappa shape index (κ3) is 3.46. The molecule has 2 unspecified atom stereocenters. The number of halogens is 2. The zero-order chi connectivity index (χ0) is 13.0. The molecule has 0 aliphatic heterocycles. The second-order valence-electron chi connectivity index (χ2n) is 5.33. The fraction of sp³-hybridized carbons (Fsp3) is 0.600. The summed E-state index contributed by atoms with van der Waals surface area (Å²) in [6, 6.07) is 4.64. The van der Waals surface area contributed by atoms with Crippen molar-refractivity contribution in [2.45, 2.75) is 38.5 Å². The van der Waals surface area contributed by atoms with Gasteiger partial charge in [0, 0.05) is 5.02 Å². The van der Waals surface area contributed by atoms with Gasteiger partial charge in [0.2, 0.25) is 0 Å². The van der Waals surface area contributed by atoms with Crippen molar-refractivity contribution in [3.8, 4) is 0 Å². The van der Waals surface area contributed by atoms with Crippen LogP contribution in [0.15, 0.2) is 18.2 Å². The van der Waals surface area contributed by atoms with E-state index < -0.39 is 0 Å². The maximum Gasteiger partial charge on any atom is 0.123 e. The van der Waals surface area contributed by atoms with Crippen LogP contribution in [0.2, 0.25) is 5.02 Å². The lowest BCUT2D eigenvalue weighted by Crippen LogP contribution is -2.24. The van der Waals surface area contributed by atoms with Crippen LogP contribution in [0, 0.1) is 17.7 Å². The van der Waals surface area contributed by atoms with E-state index in [-0.39, 0.29) is 5.82 Å². The van der Waals surface area contributed by atoms with Crippen molar-refractivity contribution in [2.75, 3.05) is 6.54 Å². The summed E-state index contributed by atoms with van der Waals surface area (Å²) >= 11 is 6.15. The predicted molar refractivity (Wildman–Crippen MR) is 74.2 cm³/mol. The standard InChI is InChI=1S/C15H21ClFN/c16-15-7-6-14(17)9-13(15)8-11-4-2-1-3-5-12(11)10-18/h6-7,9,11-12H,1-5,8,10,18H2. The average molecular weight is 270 g/mol. The number of hydrogen-bond acceptors (Lipinski definition) is 1. The maximum atomic E-state index is 13.3. The van der Waals surface area contributed by atoms with Crippen molar-refractivity contribution >= 4 is 11.6 Å². The van der Waals surface area contributed by atoms with E-state index in [2.05, 4.69) is 0 Å². The molecule has 1 aromatic carbocycles. The first-order valence-electron chi connectivity index (χ1n) is 6.84. The third-order valence-electron chi connectivity index (χ3n) is 4.11. The van der Waals surface area contributed by atoms with E-state index in [0.717, 1.165) is 18.5 Å². The van der Waals surface area contributed by atoms with E-state index in [9.17, 15) is 4.39 Å². The van der Waals surface area contributed by atoms with Crippen LogP contribution < -0.4 is 5.73 Å². The molecule has 1 saturated carbocycles. The Morgan fingerprint density at radius 1 is 1.17 bits per heavy atom. The zero-order valence-corrected chi connectivity index (χ0v) is 11.4. The zero-order valence-electron chi connectivity index (χ0n) is 10.7. The van der Waals surface area contributed by atoms with E-state index in [0.29, 0.717) is 16.9 Å². The molecule has 2 rings (SSSR count). The van der Waals surface area contributed by atoms with Crippen molar-refractivity contribution in [3.05, 3.63) is 34.6 Å². The monoisotopic (exact) mass is 269 g/mol. The number of nitrogens with two attached hydrogens (primary N) is 1. The van der Waals surface area contributed by atoms with Gasteiger partial charge in [-0.1, -0.05) is 30.9 Å². The summed E-state index contributed by atoms with van der Waals surface area (Å²) in [6.45, 7) is 0.734. The highest BCUT2D eigenvalue weighted by molar-refractivity contribution is 6.31. The van der Waals surface area contributed by atoms with Crippen LogP contribution in [0.4, 0.5) is 4.39 Å². The van der Waals surface area contributed by atoms with Gasteiger partial charge in [0.15, 0.2) is 0 Å². The summed E-state index contributed by atoms with van der Waals surface area (Å²) in [5.41, 5.74) is 6.81. The minimum Gasteiger partial charge on any atom is -0.330 e. The summed E-state index contributed by atoms with van der Waals surface area (Å²) in [5.74, 6) is 0.913. The van der Waals surface area contributed by atoms with Crippen LogP contribution in [0.1, 0.15) is 37.7 Å². The summed E-state index contributed by atoms with van der Waals surface area (Å²) in [4.78, 5) is 0. The van der Waals surface area contributed by atoms with Crippen LogP contribution in [-0.2, 0) is 6.42 Å². The molecule has 100 valence electrons. The fourth-order valence-corrected chi connectivity index (χ4v) is 3.22. The van der Waals surface area contributed by atoms with Crippen LogP contribution in [0.3, 0.4) is 0 Å². The fourth-order valence-electron chi connectivity index (χ4n) is 3.02. The summed E-state index contributed by atoms with van der Waals surface area (Å²) < 4.78 is 13.3. The molecule has 1 aliphatic rings. The minimum absolute atomic E-state index is 0.202. The third-order valence-corrected chi connectivity index (χ3v) is 4.48. The highest BCUT2D eigenvalue weighted by Crippen LogP contribution is 2.32. The number of hydrogen-bond donors (Lipinski definition) is 1. The molecule has 1 aliphatic carbocycles. The molecule has 0 radical (unpaired) electrons. The molecule has 3 heteroatoms. The summed E-state index contributed by atoms with van der Waals surface area (Å²) in [7, 11) is 0. The van der Waals surface area contributed by atoms with Gasteiger partial charge in [-0.25, -0.2) is 4.39 Å². The lowest BCUT2D eigenvalue weighted by molar-refractivity contribution is 0.318. The van der Waals surface area contributed by atoms with E-state index in [1.165, 1.54) is 38.2 Å². The molecule has 0 bridgehead atoms. The Labute approximate surface area is 114 Å². The first kappa shape index (κ1) is 13.8. The Morgan fingerprint density at radius 2 is 1.89 bits per heavy atom. The minimum atomic E-state index is -0.202. The smallest absolute Gasteiger partial charge is 0.123 e. The molecule has 2 N–H and O–H groups in total. The van der Waals surface area contributed by atoms with Gasteiger partial charge < -0.3 is 5.73 Å². The van der Waals surface area contributed by atoms with Crippen LogP contribution in [-0.4, -0.2) is 6.54 Å². The molecule has 18 heavy (non-hydrogen) atoms. The molecule has 0 aromatic heterocycles. The Bertz CT molecular complexity index is 394. The van der Waals surface area contributed by atoms with Crippen LogP contribution >= 0.6 is 11.6 Å². The molecule has 0 amide bonds. The van der Waals surface area contributed by atoms with Gasteiger partial charge >= 0.3 is 0 Å². The van der Waals surface area contributed by atoms with Gasteiger partial charge in [-0.3, -0.25) is 0 Å². The van der Waals surface area contributed by atoms with E-state index in [4.69, 9.17) is 17.3 Å². The van der Waals surface area contributed by atoms with Crippen molar-refractivity contribution in [1.82, 2.24) is 0 Å². The highest BCUT2D eigenvalue weighted by atomic mass is 35.5. The van der Waals surface area contributed by atoms with Crippen LogP contribution in [0.25, 0.3) is 0 Å². The second-order valence-corrected chi connectivity index (χ2v) is 5.74. The second kappa shape index (κ2) is 6.53. The first-order valence-corrected chi connectivity index (χ1v) is 7.22. The normalized spacial score (nSPS) is 24.8. The molecule has 0 heterocycles. The molecule has 1 fully saturated rings. The van der Waals surface area contributed by atoms with E-state index >= 15 is 0 Å². The molecule has 0 saturated heterocycles. The van der Waals surface area contributed by atoms with Crippen LogP contribution in [0.5, 0.6) is 0 Å². The van der Waals surface area contributed by atoms with Crippen molar-refractivity contribution in [1.29, 1.82) is 0 Å². The lowest BCUT2D eigenvalue weighted by Gasteiger charge is -2.24. The predicted octanol–water partition coefficient (Wildman–Crippen LogP) is 4.18. The Balaban J connectivity index is 2.12. The SMILES string of the molecule is NCC1CCCCCC1Cc1cc(F)ccc1Cl. The Kier molecular flexibility index (Phi) is 5.02. The molecule has 2 atom stereocenters. The lowest BCUT2D eigenvalue weighted by atomic mass is 9.83. The quantitative estimate of drug-likeness (QED) is 0.819. The van der Waals surface area contributed by atoms with Gasteiger partial charge in [-0.15, -0.1) is 0 Å². The van der Waals surface area contributed by atoms with Gasteiger partial charge in [0.05, 0.1) is 0 Å². The van der Waals surface area contributed by atoms with Gasteiger partial charge in [0.1, 0.15) is 5.82 Å². The maximum absolute atomic E-state index is 13.3. The molecular weight excluding hydrogens is 249 g/mol. The number of benzene rings is 1. The van der Waals surface area contributed by atoms with Crippen molar-refractivity contribution in [2.24, 2.45) is 17.6 Å². The van der Waals surface area contributed by atoms with E-state index in [1.54, 1.807) is 12.1 Å². The van der Waals surface area contributed by atoms with Gasteiger partial charge in [-0.2, -0.15) is 0 Å². The summed E-state index contributed by atoms with van der Waals surface area (Å²) in [6.07, 6.45) is 7.08. The Hall–Kier alpha value is -0.600. The summed E-state index contributed by atoms with van der Waals surface area (Å²) in [5, 5.41) is 0.677. The average Bonchev–Trinajstić information content (AvgIpc) is 2.59. The molecule has 1 nitrogen and oxygen atoms in total. The molecule has 1 aromatic rings. The number of rotatable bonds is 3. The van der Waals surface area contributed by atoms with Gasteiger partial charge in [-0.05, 0) is 61.4 Å². The Morgan fingerprint density at radius 3 is 2.61 bits per heavy atom. The molecular formula is C15H21ClFN. The first-order chi connectivity index (χ1) is 8.70.